The number of pyridine rings is 1. The van der Waals surface area contributed by atoms with E-state index in [2.05, 4.69) is 25.2 Å². The van der Waals surface area contributed by atoms with Gasteiger partial charge < -0.3 is 5.32 Å². The van der Waals surface area contributed by atoms with E-state index >= 15 is 0 Å². The van der Waals surface area contributed by atoms with Crippen molar-refractivity contribution in [2.45, 2.75) is 26.7 Å². The summed E-state index contributed by atoms with van der Waals surface area (Å²) >= 11 is 7.57. The lowest BCUT2D eigenvalue weighted by Crippen LogP contribution is -2.15. The first-order chi connectivity index (χ1) is 13.9. The number of aromatic nitrogens is 1. The van der Waals surface area contributed by atoms with Crippen molar-refractivity contribution in [3.63, 3.8) is 0 Å². The van der Waals surface area contributed by atoms with Crippen LogP contribution in [0.3, 0.4) is 0 Å². The van der Waals surface area contributed by atoms with Gasteiger partial charge in [0.15, 0.2) is 0 Å². The molecule has 3 nitrogen and oxygen atoms in total. The van der Waals surface area contributed by atoms with Crippen LogP contribution in [0.5, 0.6) is 0 Å². The maximum Gasteiger partial charge on any atom is 0.256 e. The topological polar surface area (TPSA) is 42.0 Å². The fourth-order valence-corrected chi connectivity index (χ4v) is 4.47. The van der Waals surface area contributed by atoms with Crippen LogP contribution >= 0.6 is 22.9 Å². The van der Waals surface area contributed by atoms with E-state index in [0.29, 0.717) is 15.8 Å². The first kappa shape index (κ1) is 19.6. The van der Waals surface area contributed by atoms with Crippen LogP contribution in [-0.4, -0.2) is 10.9 Å². The molecular formula is C24H21ClN2OS. The van der Waals surface area contributed by atoms with E-state index < -0.39 is 0 Å². The van der Waals surface area contributed by atoms with E-state index in [1.807, 2.05) is 61.5 Å². The summed E-state index contributed by atoms with van der Waals surface area (Å²) in [5.41, 5.74) is 5.20. The lowest BCUT2D eigenvalue weighted by atomic mass is 9.97. The first-order valence-corrected chi connectivity index (χ1v) is 10.7. The molecular weight excluding hydrogens is 400 g/mol. The number of thiophene rings is 1. The van der Waals surface area contributed by atoms with Crippen molar-refractivity contribution >= 4 is 45.4 Å². The average Bonchev–Trinajstić information content (AvgIpc) is 3.14. The molecule has 5 heteroatoms. The maximum atomic E-state index is 13.4. The number of hydrogen-bond acceptors (Lipinski definition) is 3. The molecule has 0 saturated heterocycles. The number of halogens is 1. The van der Waals surface area contributed by atoms with Crippen LogP contribution < -0.4 is 5.32 Å². The number of hydrogen-bond donors (Lipinski definition) is 1. The molecule has 0 unspecified atom stereocenters. The van der Waals surface area contributed by atoms with Gasteiger partial charge in [0.05, 0.1) is 26.0 Å². The molecule has 0 atom stereocenters. The van der Waals surface area contributed by atoms with Gasteiger partial charge in [0.25, 0.3) is 5.91 Å². The first-order valence-electron chi connectivity index (χ1n) is 9.50. The van der Waals surface area contributed by atoms with Gasteiger partial charge in [-0.2, -0.15) is 0 Å². The van der Waals surface area contributed by atoms with Crippen molar-refractivity contribution in [3.8, 4) is 10.6 Å². The Kier molecular flexibility index (Phi) is 5.39. The number of fused-ring (bicyclic) bond motifs is 1. The third-order valence-corrected chi connectivity index (χ3v) is 6.21. The van der Waals surface area contributed by atoms with E-state index in [9.17, 15) is 4.79 Å². The molecule has 0 fully saturated rings. The molecule has 4 aromatic rings. The molecule has 0 radical (unpaired) electrons. The number of carbonyl (C=O) groups is 1. The third-order valence-electron chi connectivity index (χ3n) is 4.95. The number of aryl methyl sites for hydroxylation is 1. The monoisotopic (exact) mass is 420 g/mol. The molecule has 0 bridgehead atoms. The number of amides is 1. The summed E-state index contributed by atoms with van der Waals surface area (Å²) in [5, 5.41) is 3.99. The van der Waals surface area contributed by atoms with E-state index in [-0.39, 0.29) is 5.91 Å². The molecule has 0 aliphatic heterocycles. The molecule has 2 aromatic carbocycles. The molecule has 0 saturated carbocycles. The number of anilines is 1. The van der Waals surface area contributed by atoms with Crippen molar-refractivity contribution in [1.82, 2.24) is 4.98 Å². The van der Waals surface area contributed by atoms with Gasteiger partial charge in [-0.25, -0.2) is 4.98 Å². The Labute approximate surface area is 179 Å². The third kappa shape index (κ3) is 3.91. The zero-order valence-corrected chi connectivity index (χ0v) is 18.1. The quantitative estimate of drug-likeness (QED) is 0.376. The molecule has 146 valence electrons. The summed E-state index contributed by atoms with van der Waals surface area (Å²) in [6, 6.07) is 19.5. The summed E-state index contributed by atoms with van der Waals surface area (Å²) in [6.07, 6.45) is 0. The Morgan fingerprint density at radius 1 is 1.07 bits per heavy atom. The van der Waals surface area contributed by atoms with Gasteiger partial charge >= 0.3 is 0 Å². The van der Waals surface area contributed by atoms with Crippen LogP contribution in [0.1, 0.15) is 41.3 Å². The Bertz CT molecular complexity index is 1210. The van der Waals surface area contributed by atoms with E-state index in [1.165, 1.54) is 11.3 Å². The predicted molar refractivity (Wildman–Crippen MR) is 123 cm³/mol. The normalized spacial score (nSPS) is 11.2. The van der Waals surface area contributed by atoms with E-state index in [0.717, 1.165) is 38.3 Å². The smallest absolute Gasteiger partial charge is 0.256 e. The van der Waals surface area contributed by atoms with Crippen LogP contribution in [-0.2, 0) is 0 Å². The molecule has 0 aliphatic carbocycles. The number of carbonyl (C=O) groups excluding carboxylic acids is 1. The van der Waals surface area contributed by atoms with Crippen molar-refractivity contribution in [2.75, 3.05) is 5.32 Å². The molecule has 2 aromatic heterocycles. The summed E-state index contributed by atoms with van der Waals surface area (Å²) in [6.45, 7) is 6.28. The van der Waals surface area contributed by atoms with Crippen molar-refractivity contribution < 1.29 is 4.79 Å². The number of nitrogens with zero attached hydrogens (tertiary/aromatic N) is 1. The molecule has 2 heterocycles. The zero-order chi connectivity index (χ0) is 20.5. The second-order valence-corrected chi connectivity index (χ2v) is 9.04. The van der Waals surface area contributed by atoms with Gasteiger partial charge in [0.2, 0.25) is 0 Å². The van der Waals surface area contributed by atoms with E-state index in [1.54, 1.807) is 0 Å². The SMILES string of the molecule is Cc1cccc(C(C)C)c1NC(=O)c1cc(-c2ccc(Cl)s2)nc2ccccc12. The lowest BCUT2D eigenvalue weighted by molar-refractivity contribution is 0.102. The van der Waals surface area contributed by atoms with Crippen molar-refractivity contribution in [1.29, 1.82) is 0 Å². The Morgan fingerprint density at radius 3 is 2.59 bits per heavy atom. The van der Waals surface area contributed by atoms with Gasteiger partial charge in [-0.1, -0.05) is 61.8 Å². The van der Waals surface area contributed by atoms with Crippen molar-refractivity contribution in [3.05, 3.63) is 81.7 Å². The zero-order valence-electron chi connectivity index (χ0n) is 16.5. The largest absolute Gasteiger partial charge is 0.321 e. The van der Waals surface area contributed by atoms with Crippen LogP contribution in [0.15, 0.2) is 60.7 Å². The molecule has 0 spiro atoms. The highest BCUT2D eigenvalue weighted by atomic mass is 35.5. The van der Waals surface area contributed by atoms with Gasteiger partial charge in [-0.15, -0.1) is 11.3 Å². The van der Waals surface area contributed by atoms with Crippen LogP contribution in [0.25, 0.3) is 21.5 Å². The highest BCUT2D eigenvalue weighted by Gasteiger charge is 2.18. The summed E-state index contributed by atoms with van der Waals surface area (Å²) in [4.78, 5) is 19.1. The minimum atomic E-state index is -0.135. The van der Waals surface area contributed by atoms with Crippen LogP contribution in [0.2, 0.25) is 4.34 Å². The predicted octanol–water partition coefficient (Wildman–Crippen LogP) is 7.30. The van der Waals surface area contributed by atoms with Crippen LogP contribution in [0, 0.1) is 6.92 Å². The second-order valence-electron chi connectivity index (χ2n) is 7.32. The van der Waals surface area contributed by atoms with Gasteiger partial charge in [-0.05, 0) is 48.2 Å². The number of para-hydroxylation sites is 2. The van der Waals surface area contributed by atoms with E-state index in [4.69, 9.17) is 16.6 Å². The number of benzene rings is 2. The molecule has 4 rings (SSSR count). The second kappa shape index (κ2) is 7.97. The summed E-state index contributed by atoms with van der Waals surface area (Å²) < 4.78 is 0.697. The Hall–Kier alpha value is -2.69. The summed E-state index contributed by atoms with van der Waals surface area (Å²) in [5.74, 6) is 0.173. The number of rotatable bonds is 4. The highest BCUT2D eigenvalue weighted by molar-refractivity contribution is 7.19. The lowest BCUT2D eigenvalue weighted by Gasteiger charge is -2.17. The van der Waals surface area contributed by atoms with Gasteiger partial charge in [0, 0.05) is 11.1 Å². The molecule has 0 aliphatic rings. The highest BCUT2D eigenvalue weighted by Crippen LogP contribution is 2.33. The number of nitrogens with one attached hydrogen (secondary N) is 1. The Morgan fingerprint density at radius 2 is 1.86 bits per heavy atom. The molecule has 1 amide bonds. The van der Waals surface area contributed by atoms with Crippen molar-refractivity contribution in [2.24, 2.45) is 0 Å². The average molecular weight is 421 g/mol. The van der Waals surface area contributed by atoms with Gasteiger partial charge in [0.1, 0.15) is 0 Å². The molecule has 1 N–H and O–H groups in total. The molecule has 29 heavy (non-hydrogen) atoms. The minimum absolute atomic E-state index is 0.135. The standard InChI is InChI=1S/C24H21ClN2OS/c1-14(2)16-9-6-7-15(3)23(16)27-24(28)18-13-20(21-11-12-22(25)29-21)26-19-10-5-4-8-17(18)19/h4-14H,1-3H3,(H,27,28). The maximum absolute atomic E-state index is 13.4. The fraction of sp³-hybridized carbons (Fsp3) is 0.167. The summed E-state index contributed by atoms with van der Waals surface area (Å²) in [7, 11) is 0. The Balaban J connectivity index is 1.82. The van der Waals surface area contributed by atoms with Crippen LogP contribution in [0.4, 0.5) is 5.69 Å². The minimum Gasteiger partial charge on any atom is -0.321 e. The fourth-order valence-electron chi connectivity index (χ4n) is 3.46. The van der Waals surface area contributed by atoms with Gasteiger partial charge in [-0.3, -0.25) is 4.79 Å².